The summed E-state index contributed by atoms with van der Waals surface area (Å²) in [5.74, 6) is 1.76. The summed E-state index contributed by atoms with van der Waals surface area (Å²) < 4.78 is 0. The van der Waals surface area contributed by atoms with Gasteiger partial charge in [0, 0.05) is 30.4 Å². The van der Waals surface area contributed by atoms with E-state index in [9.17, 15) is 0 Å². The average molecular weight is 265 g/mol. The van der Waals surface area contributed by atoms with Gasteiger partial charge in [0.25, 0.3) is 0 Å². The zero-order valence-electron chi connectivity index (χ0n) is 11.6. The number of aromatic nitrogens is 1. The smallest absolute Gasteiger partial charge is 0.0982 e. The van der Waals surface area contributed by atoms with Crippen LogP contribution in [-0.2, 0) is 12.0 Å². The molecule has 3 rings (SSSR count). The Bertz CT molecular complexity index is 409. The Morgan fingerprint density at radius 1 is 1.33 bits per heavy atom. The Morgan fingerprint density at radius 2 is 2.00 bits per heavy atom. The number of nitrogens with one attached hydrogen (secondary N) is 1. The monoisotopic (exact) mass is 265 g/mol. The molecule has 0 spiro atoms. The molecule has 3 nitrogen and oxygen atoms in total. The van der Waals surface area contributed by atoms with Crippen molar-refractivity contribution in [2.75, 3.05) is 26.2 Å². The fourth-order valence-corrected chi connectivity index (χ4v) is 3.93. The van der Waals surface area contributed by atoms with Crippen LogP contribution in [0.4, 0.5) is 0 Å². The first kappa shape index (κ1) is 12.6. The predicted octanol–water partition coefficient (Wildman–Crippen LogP) is 2.09. The molecule has 2 aliphatic rings. The fourth-order valence-electron chi connectivity index (χ4n) is 3.03. The van der Waals surface area contributed by atoms with E-state index in [2.05, 4.69) is 36.4 Å². The topological polar surface area (TPSA) is 28.2 Å². The largest absolute Gasteiger partial charge is 0.316 e. The zero-order valence-corrected chi connectivity index (χ0v) is 12.4. The molecule has 2 aliphatic heterocycles. The molecule has 2 unspecified atom stereocenters. The summed E-state index contributed by atoms with van der Waals surface area (Å²) in [7, 11) is 0. The van der Waals surface area contributed by atoms with Crippen LogP contribution in [0, 0.1) is 11.8 Å². The molecular weight excluding hydrogens is 242 g/mol. The highest BCUT2D eigenvalue weighted by Crippen LogP contribution is 2.29. The highest BCUT2D eigenvalue weighted by Gasteiger charge is 2.36. The van der Waals surface area contributed by atoms with Gasteiger partial charge in [-0.15, -0.1) is 11.3 Å². The lowest BCUT2D eigenvalue weighted by molar-refractivity contribution is 0.302. The van der Waals surface area contributed by atoms with Crippen molar-refractivity contribution in [2.45, 2.75) is 32.7 Å². The number of hydrogen-bond donors (Lipinski definition) is 1. The first-order chi connectivity index (χ1) is 8.52. The van der Waals surface area contributed by atoms with Crippen LogP contribution in [-0.4, -0.2) is 36.1 Å². The standard InChI is InChI=1S/C14H23N3S/c1-14(2,3)13-16-12(9-18-13)8-17-6-10-4-15-5-11(10)7-17/h9-11,15H,4-8H2,1-3H3. The molecule has 4 heteroatoms. The van der Waals surface area contributed by atoms with Crippen molar-refractivity contribution in [2.24, 2.45) is 11.8 Å². The molecule has 1 N–H and O–H groups in total. The second-order valence-electron chi connectivity index (χ2n) is 6.77. The van der Waals surface area contributed by atoms with Crippen molar-refractivity contribution in [3.63, 3.8) is 0 Å². The van der Waals surface area contributed by atoms with Gasteiger partial charge in [0.15, 0.2) is 0 Å². The molecule has 2 fully saturated rings. The minimum atomic E-state index is 0.189. The van der Waals surface area contributed by atoms with Gasteiger partial charge >= 0.3 is 0 Å². The van der Waals surface area contributed by atoms with Gasteiger partial charge in [-0.1, -0.05) is 20.8 Å². The molecule has 18 heavy (non-hydrogen) atoms. The van der Waals surface area contributed by atoms with Gasteiger partial charge in [-0.25, -0.2) is 4.98 Å². The van der Waals surface area contributed by atoms with E-state index >= 15 is 0 Å². The summed E-state index contributed by atoms with van der Waals surface area (Å²) in [6.07, 6.45) is 0. The maximum Gasteiger partial charge on any atom is 0.0982 e. The SMILES string of the molecule is CC(C)(C)c1nc(CN2CC3CNCC3C2)cs1. The molecule has 2 atom stereocenters. The molecule has 0 bridgehead atoms. The number of nitrogens with zero attached hydrogens (tertiary/aromatic N) is 2. The number of fused-ring (bicyclic) bond motifs is 1. The van der Waals surface area contributed by atoms with Gasteiger partial charge in [-0.05, 0) is 24.9 Å². The van der Waals surface area contributed by atoms with Crippen LogP contribution in [0.1, 0.15) is 31.5 Å². The van der Waals surface area contributed by atoms with Crippen molar-refractivity contribution in [3.05, 3.63) is 16.1 Å². The third kappa shape index (κ3) is 2.46. The number of likely N-dealkylation sites (tertiary alicyclic amines) is 1. The Hall–Kier alpha value is -0.450. The van der Waals surface area contributed by atoms with Crippen LogP contribution in [0.15, 0.2) is 5.38 Å². The van der Waals surface area contributed by atoms with E-state index in [0.29, 0.717) is 0 Å². The highest BCUT2D eigenvalue weighted by atomic mass is 32.1. The molecule has 0 saturated carbocycles. The summed E-state index contributed by atoms with van der Waals surface area (Å²) in [6.45, 7) is 12.7. The Kier molecular flexibility index (Phi) is 3.20. The molecule has 0 aromatic carbocycles. The van der Waals surface area contributed by atoms with Crippen LogP contribution in [0.3, 0.4) is 0 Å². The van der Waals surface area contributed by atoms with E-state index in [1.165, 1.54) is 36.9 Å². The quantitative estimate of drug-likeness (QED) is 0.887. The normalized spacial score (nSPS) is 28.8. The van der Waals surface area contributed by atoms with Crippen molar-refractivity contribution < 1.29 is 0 Å². The average Bonchev–Trinajstić information content (AvgIpc) is 2.90. The minimum Gasteiger partial charge on any atom is -0.316 e. The minimum absolute atomic E-state index is 0.189. The van der Waals surface area contributed by atoms with Gasteiger partial charge in [-0.3, -0.25) is 4.90 Å². The van der Waals surface area contributed by atoms with Crippen molar-refractivity contribution in [3.8, 4) is 0 Å². The van der Waals surface area contributed by atoms with Crippen molar-refractivity contribution >= 4 is 11.3 Å². The fraction of sp³-hybridized carbons (Fsp3) is 0.786. The zero-order chi connectivity index (χ0) is 12.8. The molecule has 1 aromatic rings. The van der Waals surface area contributed by atoms with Gasteiger partial charge in [0.05, 0.1) is 10.7 Å². The van der Waals surface area contributed by atoms with Crippen LogP contribution < -0.4 is 5.32 Å². The Labute approximate surface area is 114 Å². The summed E-state index contributed by atoms with van der Waals surface area (Å²) in [5.41, 5.74) is 1.45. The van der Waals surface area contributed by atoms with E-state index in [4.69, 9.17) is 4.98 Å². The summed E-state index contributed by atoms with van der Waals surface area (Å²) >= 11 is 1.81. The summed E-state index contributed by atoms with van der Waals surface area (Å²) in [6, 6.07) is 0. The third-order valence-electron chi connectivity index (χ3n) is 4.04. The molecule has 1 aromatic heterocycles. The van der Waals surface area contributed by atoms with E-state index in [0.717, 1.165) is 18.4 Å². The molecule has 0 amide bonds. The molecule has 3 heterocycles. The van der Waals surface area contributed by atoms with E-state index in [-0.39, 0.29) is 5.41 Å². The molecule has 100 valence electrons. The van der Waals surface area contributed by atoms with Gasteiger partial charge in [-0.2, -0.15) is 0 Å². The highest BCUT2D eigenvalue weighted by molar-refractivity contribution is 7.09. The van der Waals surface area contributed by atoms with Crippen molar-refractivity contribution in [1.82, 2.24) is 15.2 Å². The lowest BCUT2D eigenvalue weighted by atomic mass is 9.98. The number of thiazole rings is 1. The first-order valence-electron chi connectivity index (χ1n) is 6.90. The summed E-state index contributed by atoms with van der Waals surface area (Å²) in [4.78, 5) is 7.38. The predicted molar refractivity (Wildman–Crippen MR) is 75.9 cm³/mol. The van der Waals surface area contributed by atoms with E-state index in [1.54, 1.807) is 0 Å². The third-order valence-corrected chi connectivity index (χ3v) is 5.36. The summed E-state index contributed by atoms with van der Waals surface area (Å²) in [5, 5.41) is 7.00. The van der Waals surface area contributed by atoms with Gasteiger partial charge in [0.1, 0.15) is 0 Å². The number of hydrogen-bond acceptors (Lipinski definition) is 4. The molecular formula is C14H23N3S. The van der Waals surface area contributed by atoms with E-state index < -0.39 is 0 Å². The Balaban J connectivity index is 1.62. The molecule has 0 radical (unpaired) electrons. The maximum atomic E-state index is 4.80. The lowest BCUT2D eigenvalue weighted by Crippen LogP contribution is -2.25. The van der Waals surface area contributed by atoms with Gasteiger partial charge in [0.2, 0.25) is 0 Å². The lowest BCUT2D eigenvalue weighted by Gasteiger charge is -2.16. The number of rotatable bonds is 2. The van der Waals surface area contributed by atoms with Crippen molar-refractivity contribution in [1.29, 1.82) is 0 Å². The van der Waals surface area contributed by atoms with Crippen LogP contribution in [0.25, 0.3) is 0 Å². The van der Waals surface area contributed by atoms with Crippen LogP contribution >= 0.6 is 11.3 Å². The maximum absolute atomic E-state index is 4.80. The molecule has 2 saturated heterocycles. The first-order valence-corrected chi connectivity index (χ1v) is 7.78. The van der Waals surface area contributed by atoms with Crippen LogP contribution in [0.2, 0.25) is 0 Å². The molecule has 0 aliphatic carbocycles. The Morgan fingerprint density at radius 3 is 2.56 bits per heavy atom. The second kappa shape index (κ2) is 4.58. The van der Waals surface area contributed by atoms with Gasteiger partial charge < -0.3 is 5.32 Å². The van der Waals surface area contributed by atoms with E-state index in [1.807, 2.05) is 11.3 Å². The van der Waals surface area contributed by atoms with Crippen LogP contribution in [0.5, 0.6) is 0 Å². The second-order valence-corrected chi connectivity index (χ2v) is 7.62.